The molecule has 1 rings (SSSR count). The first-order chi connectivity index (χ1) is 9.49. The van der Waals surface area contributed by atoms with Crippen molar-refractivity contribution in [2.24, 2.45) is 5.73 Å². The van der Waals surface area contributed by atoms with Crippen LogP contribution in [0.4, 0.5) is 11.4 Å². The fraction of sp³-hybridized carbons (Fsp3) is 0.429. The molecule has 6 nitrogen and oxygen atoms in total. The van der Waals surface area contributed by atoms with E-state index in [0.29, 0.717) is 24.4 Å². The lowest BCUT2D eigenvalue weighted by Gasteiger charge is -2.14. The third kappa shape index (κ3) is 4.24. The number of ether oxygens (including phenoxy) is 1. The highest BCUT2D eigenvalue weighted by Crippen LogP contribution is 2.24. The number of hydrogen-bond acceptors (Lipinski definition) is 5. The maximum absolute atomic E-state index is 11.7. The Labute approximate surface area is 118 Å². The summed E-state index contributed by atoms with van der Waals surface area (Å²) in [4.78, 5) is 23.4. The van der Waals surface area contributed by atoms with Gasteiger partial charge in [-0.2, -0.15) is 0 Å². The number of anilines is 2. The summed E-state index contributed by atoms with van der Waals surface area (Å²) in [7, 11) is 0. The summed E-state index contributed by atoms with van der Waals surface area (Å²) in [5, 5.41) is 5.81. The molecule has 1 atom stereocenters. The van der Waals surface area contributed by atoms with Crippen molar-refractivity contribution < 1.29 is 14.3 Å². The van der Waals surface area contributed by atoms with Crippen LogP contribution in [0, 0.1) is 0 Å². The largest absolute Gasteiger partial charge is 0.462 e. The molecule has 0 aliphatic heterocycles. The highest BCUT2D eigenvalue weighted by Gasteiger charge is 2.14. The Hall–Kier alpha value is -2.08. The normalized spacial score (nSPS) is 11.6. The van der Waals surface area contributed by atoms with Crippen LogP contribution in [-0.2, 0) is 9.53 Å². The molecular formula is C14H21N3O3. The van der Waals surface area contributed by atoms with E-state index in [-0.39, 0.29) is 5.91 Å². The van der Waals surface area contributed by atoms with Gasteiger partial charge in [0.15, 0.2) is 0 Å². The van der Waals surface area contributed by atoms with E-state index in [2.05, 4.69) is 10.6 Å². The minimum absolute atomic E-state index is 0.301. The van der Waals surface area contributed by atoms with E-state index in [1.165, 1.54) is 0 Å². The summed E-state index contributed by atoms with van der Waals surface area (Å²) in [5.74, 6) is -0.739. The molecule has 20 heavy (non-hydrogen) atoms. The highest BCUT2D eigenvalue weighted by atomic mass is 16.5. The third-order valence-corrected chi connectivity index (χ3v) is 2.57. The van der Waals surface area contributed by atoms with Gasteiger partial charge in [-0.25, -0.2) is 4.79 Å². The number of benzene rings is 1. The molecule has 0 radical (unpaired) electrons. The molecule has 4 N–H and O–H groups in total. The number of rotatable bonds is 6. The summed E-state index contributed by atoms with van der Waals surface area (Å²) >= 11 is 0. The van der Waals surface area contributed by atoms with Crippen LogP contribution in [0.25, 0.3) is 0 Å². The van der Waals surface area contributed by atoms with E-state index in [9.17, 15) is 9.59 Å². The Balaban J connectivity index is 3.05. The van der Waals surface area contributed by atoms with Crippen molar-refractivity contribution in [3.05, 3.63) is 23.8 Å². The Bertz CT molecular complexity index is 487. The molecule has 1 aromatic rings. The topological polar surface area (TPSA) is 93.5 Å². The monoisotopic (exact) mass is 279 g/mol. The minimum Gasteiger partial charge on any atom is -0.462 e. The first-order valence-electron chi connectivity index (χ1n) is 6.61. The molecule has 0 unspecified atom stereocenters. The fourth-order valence-corrected chi connectivity index (χ4v) is 1.58. The molecule has 0 fully saturated rings. The van der Waals surface area contributed by atoms with Crippen molar-refractivity contribution in [2.45, 2.75) is 26.8 Å². The van der Waals surface area contributed by atoms with Crippen molar-refractivity contribution in [2.75, 3.05) is 23.8 Å². The minimum atomic E-state index is -0.629. The van der Waals surface area contributed by atoms with Gasteiger partial charge >= 0.3 is 5.97 Å². The zero-order valence-corrected chi connectivity index (χ0v) is 12.0. The third-order valence-electron chi connectivity index (χ3n) is 2.57. The Morgan fingerprint density at radius 1 is 1.30 bits per heavy atom. The van der Waals surface area contributed by atoms with Crippen molar-refractivity contribution >= 4 is 23.3 Å². The van der Waals surface area contributed by atoms with Crippen LogP contribution in [0.2, 0.25) is 0 Å². The van der Waals surface area contributed by atoms with Crippen LogP contribution in [0.15, 0.2) is 18.2 Å². The van der Waals surface area contributed by atoms with Gasteiger partial charge in [0, 0.05) is 6.54 Å². The molecule has 1 amide bonds. The Morgan fingerprint density at radius 2 is 2.00 bits per heavy atom. The van der Waals surface area contributed by atoms with Crippen molar-refractivity contribution in [3.63, 3.8) is 0 Å². The van der Waals surface area contributed by atoms with Gasteiger partial charge in [0.05, 0.1) is 29.6 Å². The maximum atomic E-state index is 11.7. The summed E-state index contributed by atoms with van der Waals surface area (Å²) < 4.78 is 4.94. The summed E-state index contributed by atoms with van der Waals surface area (Å²) in [6.07, 6.45) is 0. The number of esters is 1. The molecule has 0 saturated carbocycles. The fourth-order valence-electron chi connectivity index (χ4n) is 1.58. The predicted octanol–water partition coefficient (Wildman–Crippen LogP) is 1.58. The second-order valence-electron chi connectivity index (χ2n) is 4.29. The van der Waals surface area contributed by atoms with Crippen LogP contribution >= 0.6 is 0 Å². The lowest BCUT2D eigenvalue weighted by molar-refractivity contribution is -0.117. The smallest absolute Gasteiger partial charge is 0.338 e. The molecule has 0 spiro atoms. The van der Waals surface area contributed by atoms with Gasteiger partial charge in [-0.3, -0.25) is 4.79 Å². The Morgan fingerprint density at radius 3 is 2.55 bits per heavy atom. The van der Waals surface area contributed by atoms with Gasteiger partial charge in [-0.1, -0.05) is 0 Å². The van der Waals surface area contributed by atoms with Gasteiger partial charge in [0.2, 0.25) is 5.91 Å². The molecule has 0 saturated heterocycles. The summed E-state index contributed by atoms with van der Waals surface area (Å²) in [5.41, 5.74) is 7.16. The van der Waals surface area contributed by atoms with Crippen LogP contribution < -0.4 is 16.4 Å². The van der Waals surface area contributed by atoms with Gasteiger partial charge in [-0.15, -0.1) is 0 Å². The lowest BCUT2D eigenvalue weighted by Crippen LogP contribution is -2.32. The SMILES string of the molecule is CCNc1ccc(C(=O)OCC)cc1NC(=O)[C@H](C)N. The average Bonchev–Trinajstić information content (AvgIpc) is 2.41. The molecule has 6 heteroatoms. The van der Waals surface area contributed by atoms with E-state index in [0.717, 1.165) is 5.69 Å². The van der Waals surface area contributed by atoms with Crippen LogP contribution in [0.5, 0.6) is 0 Å². The predicted molar refractivity (Wildman–Crippen MR) is 78.8 cm³/mol. The van der Waals surface area contributed by atoms with Crippen LogP contribution in [0.1, 0.15) is 31.1 Å². The molecular weight excluding hydrogens is 258 g/mol. The molecule has 1 aromatic carbocycles. The van der Waals surface area contributed by atoms with Crippen molar-refractivity contribution in [1.82, 2.24) is 0 Å². The first kappa shape index (κ1) is 16.0. The van der Waals surface area contributed by atoms with Gasteiger partial charge in [-0.05, 0) is 39.0 Å². The van der Waals surface area contributed by atoms with Gasteiger partial charge in [0.1, 0.15) is 0 Å². The molecule has 0 aliphatic carbocycles. The highest BCUT2D eigenvalue weighted by molar-refractivity contribution is 5.99. The number of nitrogens with one attached hydrogen (secondary N) is 2. The van der Waals surface area contributed by atoms with Gasteiger partial charge < -0.3 is 21.1 Å². The zero-order chi connectivity index (χ0) is 15.1. The van der Waals surface area contributed by atoms with E-state index >= 15 is 0 Å². The number of hydrogen-bond donors (Lipinski definition) is 3. The lowest BCUT2D eigenvalue weighted by atomic mass is 10.1. The molecule has 0 bridgehead atoms. The van der Waals surface area contributed by atoms with E-state index in [4.69, 9.17) is 10.5 Å². The van der Waals surface area contributed by atoms with E-state index < -0.39 is 12.0 Å². The van der Waals surface area contributed by atoms with Crippen LogP contribution in [-0.4, -0.2) is 31.1 Å². The standard InChI is InChI=1S/C14H21N3O3/c1-4-16-11-7-6-10(14(19)20-5-2)8-12(11)17-13(18)9(3)15/h6-9,16H,4-5,15H2,1-3H3,(H,17,18)/t9-/m0/s1. The molecule has 0 aromatic heterocycles. The van der Waals surface area contributed by atoms with Crippen molar-refractivity contribution in [1.29, 1.82) is 0 Å². The summed E-state index contributed by atoms with van der Waals surface area (Å²) in [6.45, 7) is 6.27. The number of carbonyl (C=O) groups excluding carboxylic acids is 2. The van der Waals surface area contributed by atoms with E-state index in [1.807, 2.05) is 6.92 Å². The van der Waals surface area contributed by atoms with Crippen molar-refractivity contribution in [3.8, 4) is 0 Å². The number of carbonyl (C=O) groups is 2. The second kappa shape index (κ2) is 7.49. The van der Waals surface area contributed by atoms with Gasteiger partial charge in [0.25, 0.3) is 0 Å². The maximum Gasteiger partial charge on any atom is 0.338 e. The average molecular weight is 279 g/mol. The molecule has 0 aliphatic rings. The van der Waals surface area contributed by atoms with E-state index in [1.54, 1.807) is 32.0 Å². The summed E-state index contributed by atoms with van der Waals surface area (Å²) in [6, 6.07) is 4.33. The second-order valence-corrected chi connectivity index (χ2v) is 4.29. The quantitative estimate of drug-likeness (QED) is 0.687. The number of amides is 1. The molecule has 110 valence electrons. The van der Waals surface area contributed by atoms with Crippen LogP contribution in [0.3, 0.4) is 0 Å². The number of nitrogens with two attached hydrogens (primary N) is 1. The first-order valence-corrected chi connectivity index (χ1v) is 6.61. The zero-order valence-electron chi connectivity index (χ0n) is 12.0. The molecule has 0 heterocycles. The Kier molecular flexibility index (Phi) is 5.99.